The smallest absolute Gasteiger partial charge is 0.385 e. The molecule has 0 aliphatic heterocycles. The van der Waals surface area contributed by atoms with Crippen LogP contribution < -0.4 is 4.74 Å². The van der Waals surface area contributed by atoms with Gasteiger partial charge in [-0.3, -0.25) is 4.55 Å². The molecule has 1 aromatic carbocycles. The Labute approximate surface area is 86.5 Å². The fourth-order valence-electron chi connectivity index (χ4n) is 0.649. The summed E-state index contributed by atoms with van der Waals surface area (Å²) >= 11 is 0. The lowest BCUT2D eigenvalue weighted by molar-refractivity contribution is 0.366. The molecule has 0 aliphatic carbocycles. The summed E-state index contributed by atoms with van der Waals surface area (Å²) in [6.07, 6.45) is 0. The number of methoxy groups -OCH3 is 1. The molecule has 0 saturated carbocycles. The Morgan fingerprint density at radius 1 is 1.40 bits per heavy atom. The minimum atomic E-state index is -4.92. The molecule has 0 aliphatic rings. The Kier molecular flexibility index (Phi) is 5.25. The number of ether oxygens (including phenoxy) is 1. The van der Waals surface area contributed by atoms with E-state index in [0.29, 0.717) is 5.69 Å². The second kappa shape index (κ2) is 5.92. The van der Waals surface area contributed by atoms with Gasteiger partial charge in [0, 0.05) is 12.1 Å². The first-order chi connectivity index (χ1) is 6.86. The highest BCUT2D eigenvalue weighted by molar-refractivity contribution is 7.79. The molecule has 0 radical (unpaired) electrons. The quantitative estimate of drug-likeness (QED) is 0.441. The van der Waals surface area contributed by atoms with Crippen LogP contribution in [0.25, 0.3) is 4.98 Å². The molecule has 15 heavy (non-hydrogen) atoms. The van der Waals surface area contributed by atoms with Gasteiger partial charge in [-0.15, -0.1) is 0 Å². The van der Waals surface area contributed by atoms with Crippen molar-refractivity contribution < 1.29 is 22.3 Å². The second-order valence-electron chi connectivity index (χ2n) is 2.23. The van der Waals surface area contributed by atoms with Crippen molar-refractivity contribution in [1.82, 2.24) is 0 Å². The first-order valence-corrected chi connectivity index (χ1v) is 4.91. The van der Waals surface area contributed by atoms with E-state index in [1.54, 1.807) is 31.4 Å². The van der Waals surface area contributed by atoms with Gasteiger partial charge in [0.1, 0.15) is 5.75 Å². The summed E-state index contributed by atoms with van der Waals surface area (Å²) in [5, 5.41) is 8.29. The maximum atomic E-state index is 8.63. The van der Waals surface area contributed by atoms with E-state index in [-0.39, 0.29) is 0 Å². The van der Waals surface area contributed by atoms with E-state index < -0.39 is 10.4 Å². The van der Waals surface area contributed by atoms with Crippen LogP contribution in [-0.2, 0) is 10.4 Å². The number of rotatable bonds is 1. The molecule has 0 unspecified atom stereocenters. The summed E-state index contributed by atoms with van der Waals surface area (Å²) in [7, 11) is -3.33. The van der Waals surface area contributed by atoms with Gasteiger partial charge in [-0.25, -0.2) is 8.42 Å². The zero-order valence-electron chi connectivity index (χ0n) is 7.69. The zero-order chi connectivity index (χ0) is 11.9. The van der Waals surface area contributed by atoms with Gasteiger partial charge in [0.15, 0.2) is 4.98 Å². The van der Waals surface area contributed by atoms with Gasteiger partial charge in [0.2, 0.25) is 15.8 Å². The van der Waals surface area contributed by atoms with Gasteiger partial charge in [-0.1, -0.05) is 0 Å². The summed E-state index contributed by atoms with van der Waals surface area (Å²) in [4.78, 5) is 2.99. The van der Waals surface area contributed by atoms with Crippen LogP contribution in [0.2, 0.25) is 0 Å². The normalized spacial score (nSPS) is 9.47. The molecule has 0 fully saturated rings. The van der Waals surface area contributed by atoms with E-state index in [9.17, 15) is 0 Å². The van der Waals surface area contributed by atoms with Gasteiger partial charge in [0.25, 0.3) is 0 Å². The third-order valence-corrected chi connectivity index (χ3v) is 1.19. The molecule has 8 heteroatoms. The van der Waals surface area contributed by atoms with Crippen molar-refractivity contribution in [2.75, 3.05) is 7.11 Å². The molecule has 0 amide bonds. The highest BCUT2D eigenvalue weighted by atomic mass is 32.3. The van der Waals surface area contributed by atoms with Gasteiger partial charge >= 0.3 is 5.69 Å². The molecule has 1 rings (SSSR count). The highest BCUT2D eigenvalue weighted by Crippen LogP contribution is 2.16. The summed E-state index contributed by atoms with van der Waals surface area (Å²) in [5.74, 6) is 0.757. The average Bonchev–Trinajstić information content (AvgIpc) is 2.15. The summed E-state index contributed by atoms with van der Waals surface area (Å²) < 4.78 is 37.7. The van der Waals surface area contributed by atoms with Crippen LogP contribution in [0.15, 0.2) is 24.3 Å². The lowest BCUT2D eigenvalue weighted by Gasteiger charge is -1.93. The predicted octanol–water partition coefficient (Wildman–Crippen LogP) is 1.18. The second-order valence-corrected chi connectivity index (χ2v) is 3.08. The van der Waals surface area contributed by atoms with Crippen LogP contribution in [-0.4, -0.2) is 24.6 Å². The predicted molar refractivity (Wildman–Crippen MR) is 50.1 cm³/mol. The van der Waals surface area contributed by atoms with E-state index in [0.717, 1.165) is 5.75 Å². The Morgan fingerprint density at radius 2 is 1.80 bits per heavy atom. The third kappa shape index (κ3) is 8.63. The standard InChI is InChI=1S/C7H7N2O.H2O4S/c1-10-7-4-2-6(9-8)3-5-7;1-5(2,3)4/h2-5H,1H3;(H2,1,2,3,4)/q+1;/p-1. The van der Waals surface area contributed by atoms with Crippen LogP contribution >= 0.6 is 0 Å². The third-order valence-electron chi connectivity index (χ3n) is 1.19. The largest absolute Gasteiger partial charge is 0.726 e. The van der Waals surface area contributed by atoms with Crippen LogP contribution in [0.1, 0.15) is 0 Å². The molecule has 1 N–H and O–H groups in total. The molecule has 0 atom stereocenters. The van der Waals surface area contributed by atoms with E-state index in [1.165, 1.54) is 0 Å². The van der Waals surface area contributed by atoms with Crippen LogP contribution in [0.4, 0.5) is 5.69 Å². The van der Waals surface area contributed by atoms with Crippen molar-refractivity contribution in [3.8, 4) is 5.75 Å². The number of hydrogen-bond acceptors (Lipinski definition) is 5. The summed E-state index contributed by atoms with van der Waals surface area (Å²) in [5.41, 5.74) is 0.529. The minimum Gasteiger partial charge on any atom is -0.726 e. The Balaban J connectivity index is 0.000000336. The van der Waals surface area contributed by atoms with Crippen molar-refractivity contribution in [1.29, 1.82) is 5.39 Å². The fourth-order valence-corrected chi connectivity index (χ4v) is 0.649. The van der Waals surface area contributed by atoms with Crippen molar-refractivity contribution in [3.05, 3.63) is 29.2 Å². The molecule has 1 aromatic rings. The molecular weight excluding hydrogens is 224 g/mol. The van der Waals surface area contributed by atoms with Crippen molar-refractivity contribution in [2.45, 2.75) is 0 Å². The molecule has 0 saturated heterocycles. The van der Waals surface area contributed by atoms with Crippen molar-refractivity contribution >= 4 is 16.1 Å². The van der Waals surface area contributed by atoms with E-state index in [2.05, 4.69) is 4.98 Å². The average molecular weight is 232 g/mol. The summed E-state index contributed by atoms with van der Waals surface area (Å²) in [6, 6.07) is 6.79. The Bertz CT molecular complexity index is 425. The molecule has 0 heterocycles. The number of nitrogens with zero attached hydrogens (tertiary/aromatic N) is 2. The molecule has 0 spiro atoms. The lowest BCUT2D eigenvalue weighted by Crippen LogP contribution is -1.90. The molecule has 0 bridgehead atoms. The Morgan fingerprint density at radius 3 is 2.07 bits per heavy atom. The fraction of sp³-hybridized carbons (Fsp3) is 0.143. The summed E-state index contributed by atoms with van der Waals surface area (Å²) in [6.45, 7) is 0. The van der Waals surface area contributed by atoms with Gasteiger partial charge < -0.3 is 9.29 Å². The first kappa shape index (κ1) is 13.3. The monoisotopic (exact) mass is 232 g/mol. The van der Waals surface area contributed by atoms with E-state index in [4.69, 9.17) is 27.7 Å². The van der Waals surface area contributed by atoms with Crippen LogP contribution in [0, 0.1) is 5.39 Å². The van der Waals surface area contributed by atoms with E-state index >= 15 is 0 Å². The lowest BCUT2D eigenvalue weighted by atomic mass is 10.3. The number of diazo groups is 1. The van der Waals surface area contributed by atoms with E-state index in [1.807, 2.05) is 0 Å². The highest BCUT2D eigenvalue weighted by Gasteiger charge is 2.01. The maximum absolute atomic E-state index is 8.63. The minimum absolute atomic E-state index is 0.529. The van der Waals surface area contributed by atoms with Crippen LogP contribution in [0.3, 0.4) is 0 Å². The first-order valence-electron chi connectivity index (χ1n) is 3.54. The van der Waals surface area contributed by atoms with Crippen molar-refractivity contribution in [2.24, 2.45) is 0 Å². The molecule has 7 nitrogen and oxygen atoms in total. The zero-order valence-corrected chi connectivity index (χ0v) is 8.51. The van der Waals surface area contributed by atoms with Gasteiger partial charge in [-0.05, 0) is 12.1 Å². The van der Waals surface area contributed by atoms with Gasteiger partial charge in [0.05, 0.1) is 7.11 Å². The van der Waals surface area contributed by atoms with Crippen molar-refractivity contribution in [3.63, 3.8) is 0 Å². The SMILES string of the molecule is COc1ccc([N+]#N)cc1.O=S(=O)([O-])O. The molecule has 0 aromatic heterocycles. The maximum Gasteiger partial charge on any atom is 0.385 e. The van der Waals surface area contributed by atoms with Gasteiger partial charge in [-0.2, -0.15) is 0 Å². The molecule has 82 valence electrons. The Hall–Kier alpha value is -1.69. The molecular formula is C7H8N2O5S. The number of benzene rings is 1. The topological polar surface area (TPSA) is 115 Å². The van der Waals surface area contributed by atoms with Crippen LogP contribution in [0.5, 0.6) is 5.75 Å². The number of hydrogen-bond donors (Lipinski definition) is 1.